The Bertz CT molecular complexity index is 446. The molecule has 6 heteroatoms. The Labute approximate surface area is 89.9 Å². The van der Waals surface area contributed by atoms with Gasteiger partial charge in [-0.1, -0.05) is 11.6 Å². The Morgan fingerprint density at radius 1 is 1.60 bits per heavy atom. The highest BCUT2D eigenvalue weighted by molar-refractivity contribution is 6.35. The van der Waals surface area contributed by atoms with Gasteiger partial charge in [-0.2, -0.15) is 0 Å². The van der Waals surface area contributed by atoms with Gasteiger partial charge < -0.3 is 10.8 Å². The summed E-state index contributed by atoms with van der Waals surface area (Å²) in [7, 11) is 0. The first-order valence-electron chi connectivity index (χ1n) is 4.40. The van der Waals surface area contributed by atoms with E-state index in [4.69, 9.17) is 22.4 Å². The summed E-state index contributed by atoms with van der Waals surface area (Å²) in [6.07, 6.45) is 1.62. The molecule has 1 heterocycles. The minimum Gasteiger partial charge on any atom is -0.476 e. The lowest BCUT2D eigenvalue weighted by atomic mass is 10.2. The first kappa shape index (κ1) is 10.2. The molecule has 1 aliphatic carbocycles. The van der Waals surface area contributed by atoms with Crippen molar-refractivity contribution < 1.29 is 14.3 Å². The topological polar surface area (TPSA) is 76.2 Å². The number of nitrogens with zero attached hydrogens (tertiary/aromatic N) is 1. The zero-order valence-electron chi connectivity index (χ0n) is 7.63. The quantitative estimate of drug-likeness (QED) is 0.815. The lowest BCUT2D eigenvalue weighted by Gasteiger charge is -2.07. The largest absolute Gasteiger partial charge is 0.476 e. The monoisotopic (exact) mass is 230 g/mol. The maximum Gasteiger partial charge on any atom is 0.356 e. The summed E-state index contributed by atoms with van der Waals surface area (Å²) in [6, 6.07) is 0. The third kappa shape index (κ3) is 1.63. The van der Waals surface area contributed by atoms with Crippen LogP contribution in [-0.2, 0) is 0 Å². The average Bonchev–Trinajstić information content (AvgIpc) is 2.97. The van der Waals surface area contributed by atoms with E-state index in [0.29, 0.717) is 0 Å². The van der Waals surface area contributed by atoms with Gasteiger partial charge in [0.2, 0.25) is 0 Å². The molecular weight excluding hydrogens is 223 g/mol. The number of halogens is 2. The van der Waals surface area contributed by atoms with Crippen LogP contribution in [-0.4, -0.2) is 16.1 Å². The number of nitrogens with two attached hydrogens (primary N) is 1. The predicted molar refractivity (Wildman–Crippen MR) is 52.6 cm³/mol. The van der Waals surface area contributed by atoms with Crippen molar-refractivity contribution in [2.45, 2.75) is 18.8 Å². The molecule has 1 saturated carbocycles. The number of carboxylic acids is 1. The molecule has 1 aliphatic rings. The number of pyridine rings is 1. The van der Waals surface area contributed by atoms with E-state index in [1.165, 1.54) is 0 Å². The lowest BCUT2D eigenvalue weighted by molar-refractivity contribution is 0.0690. The summed E-state index contributed by atoms with van der Waals surface area (Å²) in [5.41, 5.74) is 4.79. The van der Waals surface area contributed by atoms with E-state index in [2.05, 4.69) is 4.98 Å². The fourth-order valence-corrected chi connectivity index (χ4v) is 1.56. The Kier molecular flexibility index (Phi) is 2.26. The Morgan fingerprint density at radius 2 is 2.20 bits per heavy atom. The number of rotatable bonds is 2. The molecule has 0 saturated heterocycles. The number of nitrogen functional groups attached to an aromatic ring is 1. The summed E-state index contributed by atoms with van der Waals surface area (Å²) in [5.74, 6) is -2.00. The zero-order chi connectivity index (χ0) is 11.2. The first-order valence-corrected chi connectivity index (χ1v) is 4.77. The SMILES string of the molecule is Nc1c(F)c(C2CC2)nc(C(=O)O)c1Cl. The van der Waals surface area contributed by atoms with E-state index in [0.717, 1.165) is 12.8 Å². The van der Waals surface area contributed by atoms with Crippen LogP contribution in [0.15, 0.2) is 0 Å². The van der Waals surface area contributed by atoms with E-state index >= 15 is 0 Å². The molecule has 0 aliphatic heterocycles. The molecule has 2 rings (SSSR count). The second kappa shape index (κ2) is 3.34. The number of aromatic nitrogens is 1. The number of anilines is 1. The van der Waals surface area contributed by atoms with E-state index in [1.807, 2.05) is 0 Å². The Balaban J connectivity index is 2.62. The smallest absolute Gasteiger partial charge is 0.356 e. The molecule has 3 N–H and O–H groups in total. The van der Waals surface area contributed by atoms with Gasteiger partial charge in [0.05, 0.1) is 16.4 Å². The first-order chi connectivity index (χ1) is 7.02. The third-order valence-corrected chi connectivity index (χ3v) is 2.69. The van der Waals surface area contributed by atoms with E-state index in [9.17, 15) is 9.18 Å². The van der Waals surface area contributed by atoms with Gasteiger partial charge in [0, 0.05) is 5.92 Å². The van der Waals surface area contributed by atoms with Gasteiger partial charge in [0.25, 0.3) is 0 Å². The van der Waals surface area contributed by atoms with Crippen LogP contribution < -0.4 is 5.73 Å². The third-order valence-electron chi connectivity index (χ3n) is 2.30. The molecule has 80 valence electrons. The summed E-state index contributed by atoms with van der Waals surface area (Å²) >= 11 is 5.58. The van der Waals surface area contributed by atoms with Crippen LogP contribution in [0.25, 0.3) is 0 Å². The van der Waals surface area contributed by atoms with E-state index in [-0.39, 0.29) is 28.0 Å². The van der Waals surface area contributed by atoms with Crippen molar-refractivity contribution in [3.63, 3.8) is 0 Å². The molecule has 0 unspecified atom stereocenters. The van der Waals surface area contributed by atoms with Crippen molar-refractivity contribution in [3.8, 4) is 0 Å². The van der Waals surface area contributed by atoms with Crippen LogP contribution in [0.2, 0.25) is 5.02 Å². The molecule has 0 bridgehead atoms. The Morgan fingerprint density at radius 3 is 2.67 bits per heavy atom. The van der Waals surface area contributed by atoms with Crippen LogP contribution in [0.1, 0.15) is 34.9 Å². The van der Waals surface area contributed by atoms with Gasteiger partial charge in [0.1, 0.15) is 0 Å². The molecule has 0 radical (unpaired) electrons. The summed E-state index contributed by atoms with van der Waals surface area (Å²) in [4.78, 5) is 14.5. The number of carbonyl (C=O) groups is 1. The minimum absolute atomic E-state index is 0.0114. The molecule has 0 aromatic carbocycles. The van der Waals surface area contributed by atoms with Crippen LogP contribution in [0.3, 0.4) is 0 Å². The van der Waals surface area contributed by atoms with Crippen LogP contribution in [0.4, 0.5) is 10.1 Å². The summed E-state index contributed by atoms with van der Waals surface area (Å²) < 4.78 is 13.5. The van der Waals surface area contributed by atoms with Gasteiger partial charge in [-0.05, 0) is 12.8 Å². The van der Waals surface area contributed by atoms with Gasteiger partial charge in [-0.15, -0.1) is 0 Å². The van der Waals surface area contributed by atoms with Crippen molar-refractivity contribution in [3.05, 3.63) is 22.2 Å². The van der Waals surface area contributed by atoms with Gasteiger partial charge in [-0.25, -0.2) is 14.2 Å². The highest BCUT2D eigenvalue weighted by Gasteiger charge is 2.32. The van der Waals surface area contributed by atoms with Crippen LogP contribution in [0.5, 0.6) is 0 Å². The molecular formula is C9H8ClFN2O2. The maximum absolute atomic E-state index is 13.5. The molecule has 4 nitrogen and oxygen atoms in total. The van der Waals surface area contributed by atoms with Gasteiger partial charge in [0.15, 0.2) is 11.5 Å². The van der Waals surface area contributed by atoms with Crippen molar-refractivity contribution >= 4 is 23.3 Å². The fourth-order valence-electron chi connectivity index (χ4n) is 1.35. The highest BCUT2D eigenvalue weighted by Crippen LogP contribution is 2.42. The maximum atomic E-state index is 13.5. The van der Waals surface area contributed by atoms with Crippen molar-refractivity contribution in [2.75, 3.05) is 5.73 Å². The van der Waals surface area contributed by atoms with E-state index in [1.54, 1.807) is 0 Å². The van der Waals surface area contributed by atoms with Gasteiger partial charge >= 0.3 is 5.97 Å². The molecule has 1 aromatic rings. The van der Waals surface area contributed by atoms with E-state index < -0.39 is 11.8 Å². The number of hydrogen-bond donors (Lipinski definition) is 2. The molecule has 0 amide bonds. The fraction of sp³-hybridized carbons (Fsp3) is 0.333. The lowest BCUT2D eigenvalue weighted by Crippen LogP contribution is -2.09. The average molecular weight is 231 g/mol. The molecule has 15 heavy (non-hydrogen) atoms. The van der Waals surface area contributed by atoms with Crippen molar-refractivity contribution in [1.29, 1.82) is 0 Å². The summed E-state index contributed by atoms with van der Waals surface area (Å²) in [5, 5.41) is 8.45. The normalized spacial score (nSPS) is 15.3. The molecule has 1 aromatic heterocycles. The molecule has 0 spiro atoms. The van der Waals surface area contributed by atoms with Gasteiger partial charge in [-0.3, -0.25) is 0 Å². The number of aromatic carboxylic acids is 1. The summed E-state index contributed by atoms with van der Waals surface area (Å²) in [6.45, 7) is 0. The Hall–Kier alpha value is -1.36. The molecule has 1 fully saturated rings. The second-order valence-corrected chi connectivity index (χ2v) is 3.84. The second-order valence-electron chi connectivity index (χ2n) is 3.47. The van der Waals surface area contributed by atoms with Crippen LogP contribution >= 0.6 is 11.6 Å². The van der Waals surface area contributed by atoms with Crippen LogP contribution in [0, 0.1) is 5.82 Å². The number of carboxylic acid groups (broad SMARTS) is 1. The number of hydrogen-bond acceptors (Lipinski definition) is 3. The standard InChI is InChI=1S/C9H8ClFN2O2/c10-4-6(12)5(11)7(3-1-2-3)13-8(4)9(14)15/h3H,1-2H2,(H2,12,13)(H,14,15). The minimum atomic E-state index is -1.30. The van der Waals surface area contributed by atoms with Crippen molar-refractivity contribution in [2.24, 2.45) is 0 Å². The zero-order valence-corrected chi connectivity index (χ0v) is 8.38. The predicted octanol–water partition coefficient (Wildman–Crippen LogP) is 2.03. The highest BCUT2D eigenvalue weighted by atomic mass is 35.5. The van der Waals surface area contributed by atoms with Crippen molar-refractivity contribution in [1.82, 2.24) is 4.98 Å². The molecule has 0 atom stereocenters.